The van der Waals surface area contributed by atoms with Crippen LogP contribution in [0.3, 0.4) is 0 Å². The lowest BCUT2D eigenvalue weighted by Gasteiger charge is -2.33. The van der Waals surface area contributed by atoms with Crippen molar-refractivity contribution in [3.8, 4) is 0 Å². The van der Waals surface area contributed by atoms with Gasteiger partial charge in [0.15, 0.2) is 0 Å². The SMILES string of the molecule is CC(=O)CC(C(=O)N(N)CCN(C)C)N(C)[C@H](C)C(C)=O. The summed E-state index contributed by atoms with van der Waals surface area (Å²) in [5.74, 6) is 5.27. The Morgan fingerprint density at radius 1 is 1.05 bits per heavy atom. The van der Waals surface area contributed by atoms with Gasteiger partial charge >= 0.3 is 0 Å². The van der Waals surface area contributed by atoms with Crippen LogP contribution in [0, 0.1) is 0 Å². The molecule has 2 N–H and O–H groups in total. The Balaban J connectivity index is 5.00. The highest BCUT2D eigenvalue weighted by Gasteiger charge is 2.31. The van der Waals surface area contributed by atoms with Crippen LogP contribution < -0.4 is 5.84 Å². The van der Waals surface area contributed by atoms with E-state index < -0.39 is 12.1 Å². The first-order chi connectivity index (χ1) is 9.57. The molecular formula is C14H28N4O3. The molecule has 0 aliphatic carbocycles. The molecule has 2 atom stereocenters. The number of hydrogen-bond donors (Lipinski definition) is 1. The van der Waals surface area contributed by atoms with Gasteiger partial charge in [-0.05, 0) is 41.9 Å². The van der Waals surface area contributed by atoms with Crippen molar-refractivity contribution in [3.63, 3.8) is 0 Å². The molecule has 0 aromatic carbocycles. The molecule has 21 heavy (non-hydrogen) atoms. The lowest BCUT2D eigenvalue weighted by molar-refractivity contribution is -0.141. The number of hydrazine groups is 1. The van der Waals surface area contributed by atoms with Gasteiger partial charge in [-0.2, -0.15) is 0 Å². The monoisotopic (exact) mass is 300 g/mol. The summed E-state index contributed by atoms with van der Waals surface area (Å²) in [7, 11) is 5.43. The number of carbonyl (C=O) groups excluding carboxylic acids is 3. The third-order valence-electron chi connectivity index (χ3n) is 3.53. The second kappa shape index (κ2) is 8.86. The minimum absolute atomic E-state index is 0.0443. The van der Waals surface area contributed by atoms with Crippen molar-refractivity contribution >= 4 is 17.5 Å². The second-order valence-corrected chi connectivity index (χ2v) is 5.71. The molecule has 0 rings (SSSR count). The summed E-state index contributed by atoms with van der Waals surface area (Å²) in [4.78, 5) is 38.9. The lowest BCUT2D eigenvalue weighted by Crippen LogP contribution is -2.55. The average molecular weight is 300 g/mol. The highest BCUT2D eigenvalue weighted by atomic mass is 16.2. The first-order valence-corrected chi connectivity index (χ1v) is 7.00. The summed E-state index contributed by atoms with van der Waals surface area (Å²) in [5.41, 5.74) is 0. The largest absolute Gasteiger partial charge is 0.308 e. The van der Waals surface area contributed by atoms with E-state index in [0.29, 0.717) is 13.1 Å². The first-order valence-electron chi connectivity index (χ1n) is 7.00. The molecule has 0 radical (unpaired) electrons. The summed E-state index contributed by atoms with van der Waals surface area (Å²) < 4.78 is 0. The van der Waals surface area contributed by atoms with Crippen LogP contribution in [0.1, 0.15) is 27.2 Å². The maximum absolute atomic E-state index is 12.4. The zero-order chi connectivity index (χ0) is 16.7. The summed E-state index contributed by atoms with van der Waals surface area (Å²) in [5, 5.41) is 1.12. The number of ketones is 2. The first kappa shape index (κ1) is 19.7. The van der Waals surface area contributed by atoms with Crippen LogP contribution in [-0.2, 0) is 14.4 Å². The molecule has 0 aromatic heterocycles. The number of nitrogens with two attached hydrogens (primary N) is 1. The Morgan fingerprint density at radius 3 is 1.95 bits per heavy atom. The molecule has 0 saturated carbocycles. The van der Waals surface area contributed by atoms with Crippen molar-refractivity contribution in [1.82, 2.24) is 14.8 Å². The molecule has 1 amide bonds. The van der Waals surface area contributed by atoms with Gasteiger partial charge in [-0.25, -0.2) is 5.84 Å². The number of carbonyl (C=O) groups is 3. The van der Waals surface area contributed by atoms with Gasteiger partial charge in [0.05, 0.1) is 12.1 Å². The minimum atomic E-state index is -0.714. The quantitative estimate of drug-likeness (QED) is 0.351. The van der Waals surface area contributed by atoms with Crippen LogP contribution in [0.4, 0.5) is 0 Å². The Kier molecular flexibility index (Phi) is 8.31. The molecule has 7 heteroatoms. The summed E-state index contributed by atoms with van der Waals surface area (Å²) in [6.45, 7) is 5.59. The fourth-order valence-corrected chi connectivity index (χ4v) is 1.84. The lowest BCUT2D eigenvalue weighted by atomic mass is 10.1. The zero-order valence-corrected chi connectivity index (χ0v) is 13.9. The molecule has 0 heterocycles. The number of likely N-dealkylation sites (N-methyl/N-ethyl adjacent to an activating group) is 2. The maximum Gasteiger partial charge on any atom is 0.254 e. The van der Waals surface area contributed by atoms with E-state index >= 15 is 0 Å². The molecule has 0 fully saturated rings. The van der Waals surface area contributed by atoms with Crippen molar-refractivity contribution in [2.75, 3.05) is 34.2 Å². The minimum Gasteiger partial charge on any atom is -0.308 e. The van der Waals surface area contributed by atoms with Gasteiger partial charge in [-0.15, -0.1) is 0 Å². The Labute approximate surface area is 127 Å². The van der Waals surface area contributed by atoms with Gasteiger partial charge in [-0.1, -0.05) is 0 Å². The smallest absolute Gasteiger partial charge is 0.254 e. The molecule has 0 bridgehead atoms. The fraction of sp³-hybridized carbons (Fsp3) is 0.786. The molecule has 0 aliphatic rings. The van der Waals surface area contributed by atoms with Crippen LogP contribution in [-0.4, -0.2) is 78.6 Å². The number of Topliss-reactive ketones (excluding diaryl/α,β-unsaturated/α-hetero) is 2. The highest BCUT2D eigenvalue weighted by molar-refractivity contribution is 5.89. The van der Waals surface area contributed by atoms with Gasteiger partial charge < -0.3 is 4.90 Å². The fourth-order valence-electron chi connectivity index (χ4n) is 1.84. The van der Waals surface area contributed by atoms with Gasteiger partial charge in [0.2, 0.25) is 0 Å². The van der Waals surface area contributed by atoms with E-state index in [1.165, 1.54) is 13.8 Å². The van der Waals surface area contributed by atoms with Crippen molar-refractivity contribution in [3.05, 3.63) is 0 Å². The van der Waals surface area contributed by atoms with Crippen LogP contribution >= 0.6 is 0 Å². The van der Waals surface area contributed by atoms with E-state index in [2.05, 4.69) is 0 Å². The predicted molar refractivity (Wildman–Crippen MR) is 81.4 cm³/mol. The third kappa shape index (κ3) is 6.79. The van der Waals surface area contributed by atoms with Crippen molar-refractivity contribution < 1.29 is 14.4 Å². The summed E-state index contributed by atoms with van der Waals surface area (Å²) in [6.07, 6.45) is 0.0443. The van der Waals surface area contributed by atoms with E-state index in [1.807, 2.05) is 19.0 Å². The van der Waals surface area contributed by atoms with Crippen LogP contribution in [0.15, 0.2) is 0 Å². The normalized spacial score (nSPS) is 14.1. The highest BCUT2D eigenvalue weighted by Crippen LogP contribution is 2.11. The van der Waals surface area contributed by atoms with Crippen molar-refractivity contribution in [2.45, 2.75) is 39.3 Å². The summed E-state index contributed by atoms with van der Waals surface area (Å²) >= 11 is 0. The Morgan fingerprint density at radius 2 is 1.57 bits per heavy atom. The van der Waals surface area contributed by atoms with Gasteiger partial charge in [0.1, 0.15) is 11.6 Å². The van der Waals surface area contributed by atoms with Crippen molar-refractivity contribution in [2.24, 2.45) is 5.84 Å². The molecule has 0 saturated heterocycles. The van der Waals surface area contributed by atoms with Crippen LogP contribution in [0.25, 0.3) is 0 Å². The molecule has 0 spiro atoms. The summed E-state index contributed by atoms with van der Waals surface area (Å²) in [6, 6.07) is -1.16. The van der Waals surface area contributed by atoms with Crippen molar-refractivity contribution in [1.29, 1.82) is 0 Å². The third-order valence-corrected chi connectivity index (χ3v) is 3.53. The maximum atomic E-state index is 12.4. The number of nitrogens with zero attached hydrogens (tertiary/aromatic N) is 3. The van der Waals surface area contributed by atoms with E-state index in [4.69, 9.17) is 5.84 Å². The molecule has 0 aliphatic heterocycles. The Hall–Kier alpha value is -1.31. The van der Waals surface area contributed by atoms with E-state index in [-0.39, 0.29) is 23.9 Å². The number of rotatable bonds is 9. The number of amides is 1. The van der Waals surface area contributed by atoms with E-state index in [0.717, 1.165) is 5.01 Å². The van der Waals surface area contributed by atoms with Crippen LogP contribution in [0.2, 0.25) is 0 Å². The standard InChI is InChI=1S/C14H28N4O3/c1-10(19)9-13(17(6)11(2)12(3)20)14(21)18(15)8-7-16(4)5/h11,13H,7-9,15H2,1-6H3/t11-,13?/m1/s1. The average Bonchev–Trinajstić information content (AvgIpc) is 2.39. The van der Waals surface area contributed by atoms with E-state index in [9.17, 15) is 14.4 Å². The Bertz CT molecular complexity index is 384. The molecule has 1 unspecified atom stereocenters. The second-order valence-electron chi connectivity index (χ2n) is 5.71. The van der Waals surface area contributed by atoms with Crippen LogP contribution in [0.5, 0.6) is 0 Å². The van der Waals surface area contributed by atoms with Gasteiger partial charge in [0, 0.05) is 19.5 Å². The zero-order valence-electron chi connectivity index (χ0n) is 13.9. The predicted octanol–water partition coefficient (Wildman–Crippen LogP) is -0.493. The van der Waals surface area contributed by atoms with Gasteiger partial charge in [0.25, 0.3) is 5.91 Å². The molecule has 7 nitrogen and oxygen atoms in total. The van der Waals surface area contributed by atoms with Gasteiger partial charge in [-0.3, -0.25) is 24.3 Å². The molecule has 0 aromatic rings. The van der Waals surface area contributed by atoms with E-state index in [1.54, 1.807) is 18.9 Å². The molecule has 122 valence electrons. The molecular weight excluding hydrogens is 272 g/mol. The number of hydrogen-bond acceptors (Lipinski definition) is 6. The topological polar surface area (TPSA) is 86.9 Å².